The van der Waals surface area contributed by atoms with Crippen molar-refractivity contribution in [1.82, 2.24) is 5.32 Å². The average molecular weight is 199 g/mol. The van der Waals surface area contributed by atoms with Crippen LogP contribution in [0, 0.1) is 12.0 Å². The zero-order valence-electron chi connectivity index (χ0n) is 8.38. The lowest BCUT2D eigenvalue weighted by molar-refractivity contribution is -0.135. The number of carboxylic acid groups (broad SMARTS) is 1. The lowest BCUT2D eigenvalue weighted by Gasteiger charge is -2.18. The molecule has 0 saturated heterocycles. The second-order valence-corrected chi connectivity index (χ2v) is 3.50. The molecule has 0 atom stereocenters. The monoisotopic (exact) mass is 199 g/mol. The van der Waals surface area contributed by atoms with Crippen molar-refractivity contribution in [3.63, 3.8) is 0 Å². The van der Waals surface area contributed by atoms with E-state index in [1.807, 2.05) is 0 Å². The summed E-state index contributed by atoms with van der Waals surface area (Å²) in [4.78, 5) is 20.9. The molecule has 0 fully saturated rings. The van der Waals surface area contributed by atoms with E-state index in [2.05, 4.69) is 17.3 Å². The van der Waals surface area contributed by atoms with Crippen molar-refractivity contribution in [2.24, 2.45) is 0 Å². The van der Waals surface area contributed by atoms with Gasteiger partial charge in [0, 0.05) is 6.04 Å². The van der Waals surface area contributed by atoms with Gasteiger partial charge in [-0.1, -0.05) is 5.92 Å². The third-order valence-corrected chi connectivity index (χ3v) is 0.891. The van der Waals surface area contributed by atoms with Crippen molar-refractivity contribution in [2.75, 3.05) is 0 Å². The number of hydrogen-bond acceptors (Lipinski definition) is 3. The van der Waals surface area contributed by atoms with Crippen molar-refractivity contribution >= 4 is 12.1 Å². The first-order valence-electron chi connectivity index (χ1n) is 4.00. The number of carbonyl (C=O) groups excluding carboxylic acids is 1. The minimum absolute atomic E-state index is 0.310. The molecule has 0 radical (unpaired) electrons. The van der Waals surface area contributed by atoms with E-state index in [0.717, 1.165) is 0 Å². The molecule has 0 aromatic carbocycles. The van der Waals surface area contributed by atoms with E-state index in [1.54, 1.807) is 20.8 Å². The summed E-state index contributed by atoms with van der Waals surface area (Å²) in [5.74, 6) is 1.20. The highest BCUT2D eigenvalue weighted by molar-refractivity contribution is 5.72. The van der Waals surface area contributed by atoms with Crippen LogP contribution in [0.4, 0.5) is 4.79 Å². The molecule has 5 nitrogen and oxygen atoms in total. The summed E-state index contributed by atoms with van der Waals surface area (Å²) < 4.78 is 4.84. The quantitative estimate of drug-likeness (QED) is 0.487. The lowest BCUT2D eigenvalue weighted by Crippen LogP contribution is -2.29. The largest absolute Gasteiger partial charge is 0.481 e. The van der Waals surface area contributed by atoms with Gasteiger partial charge in [-0.2, -0.15) is 0 Å². The van der Waals surface area contributed by atoms with Crippen LogP contribution < -0.4 is 5.32 Å². The second-order valence-electron chi connectivity index (χ2n) is 3.50. The van der Waals surface area contributed by atoms with Gasteiger partial charge in [0.1, 0.15) is 12.0 Å². The van der Waals surface area contributed by atoms with Gasteiger partial charge in [-0.15, -0.1) is 0 Å². The standard InChI is InChI=1S/C9H13NO4/c1-9(2,3)14-8(13)10-6-4-5-7(11)12/h5H2,1-3H3,(H,10,13)(H,11,12). The van der Waals surface area contributed by atoms with E-state index in [4.69, 9.17) is 9.84 Å². The number of amides is 1. The minimum atomic E-state index is -1.04. The Hall–Kier alpha value is -1.70. The lowest BCUT2D eigenvalue weighted by atomic mass is 10.2. The molecule has 0 bridgehead atoms. The Morgan fingerprint density at radius 1 is 1.43 bits per heavy atom. The molecule has 5 heteroatoms. The summed E-state index contributed by atoms with van der Waals surface area (Å²) >= 11 is 0. The van der Waals surface area contributed by atoms with Crippen molar-refractivity contribution in [2.45, 2.75) is 32.8 Å². The molecule has 0 aliphatic rings. The molecule has 0 saturated carbocycles. The van der Waals surface area contributed by atoms with Gasteiger partial charge in [0.25, 0.3) is 0 Å². The van der Waals surface area contributed by atoms with E-state index in [9.17, 15) is 9.59 Å². The van der Waals surface area contributed by atoms with Gasteiger partial charge in [0.15, 0.2) is 0 Å². The molecule has 0 aromatic heterocycles. The van der Waals surface area contributed by atoms with Crippen LogP contribution in [0.25, 0.3) is 0 Å². The first-order valence-corrected chi connectivity index (χ1v) is 4.00. The summed E-state index contributed by atoms with van der Waals surface area (Å²) in [5.41, 5.74) is -0.585. The highest BCUT2D eigenvalue weighted by Gasteiger charge is 2.14. The van der Waals surface area contributed by atoms with Crippen LogP contribution in [0.2, 0.25) is 0 Å². The number of aliphatic carboxylic acids is 1. The molecular weight excluding hydrogens is 186 g/mol. The highest BCUT2D eigenvalue weighted by Crippen LogP contribution is 2.05. The van der Waals surface area contributed by atoms with Crippen LogP contribution >= 0.6 is 0 Å². The fraction of sp³-hybridized carbons (Fsp3) is 0.556. The Morgan fingerprint density at radius 2 is 2.00 bits per heavy atom. The molecule has 0 unspecified atom stereocenters. The summed E-state index contributed by atoms with van der Waals surface area (Å²) in [6.07, 6.45) is -0.995. The zero-order chi connectivity index (χ0) is 11.2. The van der Waals surface area contributed by atoms with E-state index < -0.39 is 17.7 Å². The first kappa shape index (κ1) is 12.3. The van der Waals surface area contributed by atoms with Gasteiger partial charge in [-0.25, -0.2) is 10.1 Å². The third-order valence-electron chi connectivity index (χ3n) is 0.891. The van der Waals surface area contributed by atoms with Crippen LogP contribution in [0.15, 0.2) is 0 Å². The normalized spacial score (nSPS) is 9.64. The number of rotatable bonds is 1. The van der Waals surface area contributed by atoms with Crippen molar-refractivity contribution in [3.05, 3.63) is 0 Å². The first-order chi connectivity index (χ1) is 6.31. The van der Waals surface area contributed by atoms with Crippen molar-refractivity contribution in [1.29, 1.82) is 0 Å². The Balaban J connectivity index is 3.84. The highest BCUT2D eigenvalue weighted by atomic mass is 16.6. The smallest absolute Gasteiger partial charge is 0.419 e. The summed E-state index contributed by atoms with van der Waals surface area (Å²) in [6.45, 7) is 5.16. The van der Waals surface area contributed by atoms with Crippen LogP contribution in [0.1, 0.15) is 27.2 Å². The van der Waals surface area contributed by atoms with E-state index >= 15 is 0 Å². The van der Waals surface area contributed by atoms with Crippen molar-refractivity contribution in [3.8, 4) is 12.0 Å². The second kappa shape index (κ2) is 5.12. The summed E-state index contributed by atoms with van der Waals surface area (Å²) in [5, 5.41) is 10.3. The van der Waals surface area contributed by atoms with Crippen LogP contribution in [0.5, 0.6) is 0 Å². The van der Waals surface area contributed by atoms with E-state index in [-0.39, 0.29) is 6.42 Å². The number of nitrogens with one attached hydrogen (secondary N) is 1. The predicted octanol–water partition coefficient (Wildman–Crippen LogP) is 0.947. The molecular formula is C9H13NO4. The fourth-order valence-electron chi connectivity index (χ4n) is 0.519. The maximum Gasteiger partial charge on any atom is 0.419 e. The Kier molecular flexibility index (Phi) is 4.50. The fourth-order valence-corrected chi connectivity index (χ4v) is 0.519. The molecule has 14 heavy (non-hydrogen) atoms. The maximum absolute atomic E-state index is 10.9. The van der Waals surface area contributed by atoms with Gasteiger partial charge in [0.2, 0.25) is 0 Å². The Labute approximate surface area is 82.4 Å². The molecule has 2 N–H and O–H groups in total. The van der Waals surface area contributed by atoms with E-state index in [0.29, 0.717) is 0 Å². The van der Waals surface area contributed by atoms with Crippen LogP contribution in [0.3, 0.4) is 0 Å². The van der Waals surface area contributed by atoms with Crippen LogP contribution in [-0.2, 0) is 9.53 Å². The predicted molar refractivity (Wildman–Crippen MR) is 49.4 cm³/mol. The summed E-state index contributed by atoms with van der Waals surface area (Å²) in [6, 6.07) is 2.18. The average Bonchev–Trinajstić information content (AvgIpc) is 1.94. The molecule has 78 valence electrons. The molecule has 0 heterocycles. The topological polar surface area (TPSA) is 75.6 Å². The number of ether oxygens (including phenoxy) is 1. The third kappa shape index (κ3) is 8.40. The Morgan fingerprint density at radius 3 is 2.43 bits per heavy atom. The van der Waals surface area contributed by atoms with Gasteiger partial charge < -0.3 is 9.84 Å². The van der Waals surface area contributed by atoms with Gasteiger partial charge in [-0.3, -0.25) is 4.79 Å². The van der Waals surface area contributed by atoms with Gasteiger partial charge in [0.05, 0.1) is 0 Å². The molecule has 1 amide bonds. The number of carbonyl (C=O) groups is 2. The Bertz CT molecular complexity index is 279. The molecule has 0 aromatic rings. The molecule has 0 rings (SSSR count). The molecule has 0 spiro atoms. The minimum Gasteiger partial charge on any atom is -0.481 e. The molecule has 0 aliphatic carbocycles. The van der Waals surface area contributed by atoms with Crippen molar-refractivity contribution < 1.29 is 19.4 Å². The zero-order valence-corrected chi connectivity index (χ0v) is 8.38. The van der Waals surface area contributed by atoms with Gasteiger partial charge in [-0.05, 0) is 20.8 Å². The summed E-state index contributed by atoms with van der Waals surface area (Å²) in [7, 11) is 0. The van der Waals surface area contributed by atoms with Crippen LogP contribution in [-0.4, -0.2) is 22.8 Å². The SMILES string of the molecule is CC(C)(C)OC(=O)NC#CCC(=O)O. The number of hydrogen-bond donors (Lipinski definition) is 2. The number of alkyl carbamates (subject to hydrolysis) is 1. The van der Waals surface area contributed by atoms with E-state index in [1.165, 1.54) is 0 Å². The maximum atomic E-state index is 10.9. The van der Waals surface area contributed by atoms with Gasteiger partial charge >= 0.3 is 12.1 Å². The molecule has 0 aliphatic heterocycles. The number of carboxylic acids is 1.